The Morgan fingerprint density at radius 1 is 1.17 bits per heavy atom. The first-order valence-electron chi connectivity index (χ1n) is 11.6. The minimum atomic E-state index is -0.788. The molecule has 0 aliphatic heterocycles. The molecule has 35 heavy (non-hydrogen) atoms. The van der Waals surface area contributed by atoms with Crippen molar-refractivity contribution in [2.75, 3.05) is 13.7 Å². The summed E-state index contributed by atoms with van der Waals surface area (Å²) in [5.41, 5.74) is 0.436. The predicted molar refractivity (Wildman–Crippen MR) is 127 cm³/mol. The number of nitrogens with one attached hydrogen (secondary N) is 1. The molecule has 9 nitrogen and oxygen atoms in total. The van der Waals surface area contributed by atoms with Gasteiger partial charge in [0.25, 0.3) is 5.91 Å². The maximum atomic E-state index is 13.4. The maximum Gasteiger partial charge on any atom is 0.311 e. The summed E-state index contributed by atoms with van der Waals surface area (Å²) in [7, 11) is 1.30. The van der Waals surface area contributed by atoms with Gasteiger partial charge < -0.3 is 19.7 Å². The van der Waals surface area contributed by atoms with Crippen LogP contribution in [-0.4, -0.2) is 47.4 Å². The number of rotatable bonds is 10. The quantitative estimate of drug-likeness (QED) is 0.401. The second-order valence-corrected chi connectivity index (χ2v) is 8.55. The van der Waals surface area contributed by atoms with Crippen molar-refractivity contribution in [2.24, 2.45) is 0 Å². The first-order valence-corrected chi connectivity index (χ1v) is 11.6. The summed E-state index contributed by atoms with van der Waals surface area (Å²) < 4.78 is 24.0. The van der Waals surface area contributed by atoms with Crippen LogP contribution in [0.15, 0.2) is 42.5 Å². The molecule has 0 aromatic heterocycles. The fraction of sp³-hybridized carbons (Fsp3) is 0.440. The minimum Gasteiger partial charge on any atom is -0.490 e. The fourth-order valence-electron chi connectivity index (χ4n) is 4.06. The summed E-state index contributed by atoms with van der Waals surface area (Å²) in [6.07, 6.45) is 5.10. The van der Waals surface area contributed by atoms with Crippen LogP contribution in [0.4, 0.5) is 10.1 Å². The Balaban J connectivity index is 1.73. The molecule has 0 bridgehead atoms. The fourth-order valence-corrected chi connectivity index (χ4v) is 4.06. The molecular formula is C25H30FN3O6. The van der Waals surface area contributed by atoms with Crippen molar-refractivity contribution in [1.82, 2.24) is 10.2 Å². The third-order valence-corrected chi connectivity index (χ3v) is 6.10. The average Bonchev–Trinajstić information content (AvgIpc) is 2.86. The molecule has 1 saturated carbocycles. The molecule has 10 heteroatoms. The van der Waals surface area contributed by atoms with Gasteiger partial charge in [-0.05, 0) is 43.5 Å². The highest BCUT2D eigenvalue weighted by Crippen LogP contribution is 2.30. The van der Waals surface area contributed by atoms with Gasteiger partial charge in [0.1, 0.15) is 17.6 Å². The standard InChI is InChI=1S/C25H30FN3O6/c1-17(25(31)27-20-6-4-3-5-7-20)28(15-18-8-10-19(26)11-9-18)24(30)16-35-21-12-13-22(29(32)33)23(14-21)34-2/h8-14,17,20H,3-7,15-16H2,1-2H3,(H,27,31). The summed E-state index contributed by atoms with van der Waals surface area (Å²) in [6, 6.07) is 8.94. The number of hydrogen-bond acceptors (Lipinski definition) is 6. The van der Waals surface area contributed by atoms with Gasteiger partial charge in [-0.25, -0.2) is 4.39 Å². The van der Waals surface area contributed by atoms with Gasteiger partial charge in [0.05, 0.1) is 12.0 Å². The Bertz CT molecular complexity index is 1040. The van der Waals surface area contributed by atoms with Gasteiger partial charge in [-0.2, -0.15) is 0 Å². The molecule has 0 saturated heterocycles. The monoisotopic (exact) mass is 487 g/mol. The number of amides is 2. The topological polar surface area (TPSA) is 111 Å². The lowest BCUT2D eigenvalue weighted by atomic mass is 9.95. The summed E-state index contributed by atoms with van der Waals surface area (Å²) in [4.78, 5) is 38.0. The molecule has 1 aliphatic rings. The van der Waals surface area contributed by atoms with Gasteiger partial charge in [0.2, 0.25) is 11.7 Å². The molecule has 0 spiro atoms. The van der Waals surface area contributed by atoms with Crippen LogP contribution < -0.4 is 14.8 Å². The molecule has 1 fully saturated rings. The normalized spacial score (nSPS) is 14.6. The van der Waals surface area contributed by atoms with E-state index >= 15 is 0 Å². The van der Waals surface area contributed by atoms with Crippen molar-refractivity contribution in [3.63, 3.8) is 0 Å². The van der Waals surface area contributed by atoms with Gasteiger partial charge in [-0.15, -0.1) is 0 Å². The number of nitro groups is 1. The van der Waals surface area contributed by atoms with E-state index in [-0.39, 0.29) is 35.7 Å². The van der Waals surface area contributed by atoms with Crippen LogP contribution in [0, 0.1) is 15.9 Å². The van der Waals surface area contributed by atoms with Crippen LogP contribution in [0.2, 0.25) is 0 Å². The lowest BCUT2D eigenvalue weighted by molar-refractivity contribution is -0.385. The number of benzene rings is 2. The van der Waals surface area contributed by atoms with Crippen LogP contribution in [0.3, 0.4) is 0 Å². The Morgan fingerprint density at radius 3 is 2.49 bits per heavy atom. The number of halogens is 1. The van der Waals surface area contributed by atoms with E-state index < -0.39 is 29.3 Å². The molecule has 2 amide bonds. The second kappa shape index (κ2) is 12.1. The number of ether oxygens (including phenoxy) is 2. The molecule has 188 valence electrons. The number of nitro benzene ring substituents is 1. The summed E-state index contributed by atoms with van der Waals surface area (Å²) in [6.45, 7) is 1.34. The highest BCUT2D eigenvalue weighted by atomic mass is 19.1. The van der Waals surface area contributed by atoms with Crippen LogP contribution in [0.1, 0.15) is 44.6 Å². The van der Waals surface area contributed by atoms with E-state index in [9.17, 15) is 24.1 Å². The smallest absolute Gasteiger partial charge is 0.311 e. The SMILES string of the molecule is COc1cc(OCC(=O)N(Cc2ccc(F)cc2)C(C)C(=O)NC2CCCCC2)ccc1[N+](=O)[O-]. The molecule has 1 atom stereocenters. The molecule has 2 aromatic rings. The lowest BCUT2D eigenvalue weighted by Gasteiger charge is -2.31. The summed E-state index contributed by atoms with van der Waals surface area (Å²) in [5.74, 6) is -0.905. The average molecular weight is 488 g/mol. The van der Waals surface area contributed by atoms with Gasteiger partial charge in [0.15, 0.2) is 6.61 Å². The third-order valence-electron chi connectivity index (χ3n) is 6.10. The van der Waals surface area contributed by atoms with E-state index in [2.05, 4.69) is 5.32 Å². The molecule has 2 aromatic carbocycles. The predicted octanol–water partition coefficient (Wildman–Crippen LogP) is 3.99. The van der Waals surface area contributed by atoms with Gasteiger partial charge in [-0.3, -0.25) is 19.7 Å². The summed E-state index contributed by atoms with van der Waals surface area (Å²) in [5, 5.41) is 14.1. The van der Waals surface area contributed by atoms with Crippen molar-refractivity contribution >= 4 is 17.5 Å². The lowest BCUT2D eigenvalue weighted by Crippen LogP contribution is -2.51. The van der Waals surface area contributed by atoms with Crippen LogP contribution in [0.5, 0.6) is 11.5 Å². The van der Waals surface area contributed by atoms with E-state index in [4.69, 9.17) is 9.47 Å². The van der Waals surface area contributed by atoms with Gasteiger partial charge >= 0.3 is 5.69 Å². The van der Waals surface area contributed by atoms with Gasteiger partial charge in [-0.1, -0.05) is 31.4 Å². The molecule has 3 rings (SSSR count). The van der Waals surface area contributed by atoms with Crippen molar-refractivity contribution in [1.29, 1.82) is 0 Å². The van der Waals surface area contributed by atoms with E-state index in [1.165, 1.54) is 42.3 Å². The highest BCUT2D eigenvalue weighted by Gasteiger charge is 2.28. The maximum absolute atomic E-state index is 13.4. The number of carbonyl (C=O) groups excluding carboxylic acids is 2. The first-order chi connectivity index (χ1) is 16.8. The van der Waals surface area contributed by atoms with E-state index in [1.807, 2.05) is 0 Å². The van der Waals surface area contributed by atoms with Crippen molar-refractivity contribution < 1.29 is 28.4 Å². The minimum absolute atomic E-state index is 0.00310. The van der Waals surface area contributed by atoms with Crippen LogP contribution >= 0.6 is 0 Å². The highest BCUT2D eigenvalue weighted by molar-refractivity contribution is 5.88. The van der Waals surface area contributed by atoms with E-state index in [1.54, 1.807) is 19.1 Å². The van der Waals surface area contributed by atoms with E-state index in [0.717, 1.165) is 32.1 Å². The summed E-state index contributed by atoms with van der Waals surface area (Å²) >= 11 is 0. The Labute approximate surface area is 203 Å². The number of carbonyl (C=O) groups is 2. The number of nitrogens with zero attached hydrogens (tertiary/aromatic N) is 2. The Kier molecular flexibility index (Phi) is 8.99. The molecule has 1 aliphatic carbocycles. The molecular weight excluding hydrogens is 457 g/mol. The Morgan fingerprint density at radius 2 is 1.86 bits per heavy atom. The number of hydrogen-bond donors (Lipinski definition) is 1. The zero-order valence-electron chi connectivity index (χ0n) is 19.9. The van der Waals surface area contributed by atoms with Crippen molar-refractivity contribution in [3.8, 4) is 11.5 Å². The third kappa shape index (κ3) is 7.14. The Hall–Kier alpha value is -3.69. The van der Waals surface area contributed by atoms with Crippen LogP contribution in [-0.2, 0) is 16.1 Å². The zero-order valence-corrected chi connectivity index (χ0v) is 19.9. The van der Waals surface area contributed by atoms with Crippen molar-refractivity contribution in [2.45, 2.75) is 57.7 Å². The second-order valence-electron chi connectivity index (χ2n) is 8.55. The number of methoxy groups -OCH3 is 1. The van der Waals surface area contributed by atoms with E-state index in [0.29, 0.717) is 5.56 Å². The van der Waals surface area contributed by atoms with Crippen molar-refractivity contribution in [3.05, 3.63) is 64.0 Å². The molecule has 1 unspecified atom stereocenters. The zero-order chi connectivity index (χ0) is 25.4. The van der Waals surface area contributed by atoms with Gasteiger partial charge in [0, 0.05) is 24.7 Å². The largest absolute Gasteiger partial charge is 0.490 e. The molecule has 0 radical (unpaired) electrons. The van der Waals surface area contributed by atoms with Crippen LogP contribution in [0.25, 0.3) is 0 Å². The first kappa shape index (κ1) is 25.9. The molecule has 1 N–H and O–H groups in total. The molecule has 0 heterocycles.